The third-order valence-electron chi connectivity index (χ3n) is 9.27. The monoisotopic (exact) mass is 598 g/mol. The number of nitrogens with one attached hydrogen (secondary N) is 1. The Morgan fingerprint density at radius 1 is 1.07 bits per heavy atom. The van der Waals surface area contributed by atoms with Crippen molar-refractivity contribution in [1.29, 1.82) is 0 Å². The third kappa shape index (κ3) is 5.12. The van der Waals surface area contributed by atoms with Crippen molar-refractivity contribution in [2.75, 3.05) is 43.4 Å². The average molecular weight is 599 g/mol. The molecule has 3 heterocycles. The summed E-state index contributed by atoms with van der Waals surface area (Å²) in [6.07, 6.45) is 5.86. The van der Waals surface area contributed by atoms with E-state index < -0.39 is 11.7 Å². The fraction of sp³-hybridized carbons (Fsp3) is 0.364. The Hall–Kier alpha value is -4.02. The van der Waals surface area contributed by atoms with Gasteiger partial charge in [0.25, 0.3) is 11.5 Å². The van der Waals surface area contributed by atoms with Crippen molar-refractivity contribution >= 4 is 34.4 Å². The molecule has 2 bridgehead atoms. The van der Waals surface area contributed by atoms with E-state index in [1.165, 1.54) is 22.0 Å². The molecule has 222 valence electrons. The van der Waals surface area contributed by atoms with E-state index >= 15 is 4.39 Å². The number of aromatic nitrogens is 2. The van der Waals surface area contributed by atoms with Crippen LogP contribution in [-0.4, -0.2) is 53.6 Å². The maximum atomic E-state index is 15.6. The zero-order valence-corrected chi connectivity index (χ0v) is 25.2. The average Bonchev–Trinajstić information content (AvgIpc) is 3.58. The fourth-order valence-corrected chi connectivity index (χ4v) is 8.33. The van der Waals surface area contributed by atoms with Gasteiger partial charge in [0.2, 0.25) is 0 Å². The highest BCUT2D eigenvalue weighted by Gasteiger charge is 2.38. The molecule has 2 aliphatic carbocycles. The zero-order chi connectivity index (χ0) is 29.8. The molecule has 2 aromatic heterocycles. The number of fused-ring (bicyclic) bond motifs is 4. The first-order chi connectivity index (χ1) is 20.7. The van der Waals surface area contributed by atoms with E-state index in [1.54, 1.807) is 25.4 Å². The van der Waals surface area contributed by atoms with Gasteiger partial charge in [-0.2, -0.15) is 0 Å². The first-order valence-electron chi connectivity index (χ1n) is 14.9. The van der Waals surface area contributed by atoms with Crippen LogP contribution in [0.4, 0.5) is 21.6 Å². The molecule has 1 aliphatic heterocycles. The molecule has 2 atom stereocenters. The molecule has 1 saturated heterocycles. The summed E-state index contributed by atoms with van der Waals surface area (Å²) in [6, 6.07) is 12.8. The molecule has 2 unspecified atom stereocenters. The van der Waals surface area contributed by atoms with Crippen LogP contribution in [-0.2, 0) is 13.5 Å². The van der Waals surface area contributed by atoms with E-state index in [-0.39, 0.29) is 11.4 Å². The van der Waals surface area contributed by atoms with Gasteiger partial charge in [-0.3, -0.25) is 9.59 Å². The van der Waals surface area contributed by atoms with Crippen molar-refractivity contribution in [1.82, 2.24) is 14.5 Å². The maximum Gasteiger partial charge on any atom is 0.293 e. The molecule has 43 heavy (non-hydrogen) atoms. The number of nitrogens with zero attached hydrogens (tertiary/aromatic N) is 4. The highest BCUT2D eigenvalue weighted by Crippen LogP contribution is 2.53. The van der Waals surface area contributed by atoms with Crippen molar-refractivity contribution in [3.05, 3.63) is 80.2 Å². The molecule has 1 saturated carbocycles. The van der Waals surface area contributed by atoms with E-state index in [4.69, 9.17) is 5.73 Å². The van der Waals surface area contributed by atoms with Crippen LogP contribution in [0.1, 0.15) is 45.3 Å². The Kier molecular flexibility index (Phi) is 7.05. The molecule has 10 heteroatoms. The number of carbonyl (C=O) groups excluding carboxylic acids is 1. The largest absolute Gasteiger partial charge is 0.369 e. The summed E-state index contributed by atoms with van der Waals surface area (Å²) in [4.78, 5) is 36.6. The normalized spacial score (nSPS) is 19.8. The number of carbonyl (C=O) groups is 1. The van der Waals surface area contributed by atoms with Crippen molar-refractivity contribution in [3.63, 3.8) is 0 Å². The van der Waals surface area contributed by atoms with E-state index in [9.17, 15) is 9.59 Å². The van der Waals surface area contributed by atoms with Gasteiger partial charge >= 0.3 is 0 Å². The van der Waals surface area contributed by atoms with Crippen LogP contribution < -0.4 is 21.5 Å². The van der Waals surface area contributed by atoms with Gasteiger partial charge in [0.15, 0.2) is 5.82 Å². The van der Waals surface area contributed by atoms with Crippen LogP contribution in [0.25, 0.3) is 22.4 Å². The Balaban J connectivity index is 1.22. The molecule has 7 rings (SSSR count). The lowest BCUT2D eigenvalue weighted by Crippen LogP contribution is -2.44. The maximum absolute atomic E-state index is 15.6. The van der Waals surface area contributed by atoms with Gasteiger partial charge in [-0.25, -0.2) is 9.37 Å². The molecule has 4 aromatic rings. The van der Waals surface area contributed by atoms with Gasteiger partial charge in [-0.15, -0.1) is 11.3 Å². The lowest BCUT2D eigenvalue weighted by atomic mass is 9.83. The molecule has 8 nitrogen and oxygen atoms in total. The van der Waals surface area contributed by atoms with Crippen LogP contribution in [0.3, 0.4) is 0 Å². The first-order valence-corrected chi connectivity index (χ1v) is 15.7. The molecule has 2 aromatic carbocycles. The minimum Gasteiger partial charge on any atom is -0.369 e. The summed E-state index contributed by atoms with van der Waals surface area (Å²) in [5, 5.41) is 3.19. The van der Waals surface area contributed by atoms with E-state index in [0.717, 1.165) is 73.7 Å². The van der Waals surface area contributed by atoms with E-state index in [1.807, 2.05) is 12.1 Å². The number of hydrogen-bond acceptors (Lipinski definition) is 7. The predicted molar refractivity (Wildman–Crippen MR) is 170 cm³/mol. The Morgan fingerprint density at radius 2 is 1.84 bits per heavy atom. The molecule has 0 spiro atoms. The molecule has 3 N–H and O–H groups in total. The highest BCUT2D eigenvalue weighted by atomic mass is 32.1. The number of piperazine rings is 1. The molecule has 2 fully saturated rings. The van der Waals surface area contributed by atoms with Gasteiger partial charge < -0.3 is 25.4 Å². The van der Waals surface area contributed by atoms with E-state index in [0.29, 0.717) is 39.1 Å². The predicted octanol–water partition coefficient (Wildman–Crippen LogP) is 5.35. The minimum atomic E-state index is -0.527. The number of rotatable bonds is 6. The van der Waals surface area contributed by atoms with Gasteiger partial charge in [-0.05, 0) is 92.6 Å². The number of aryl methyl sites for hydroxylation is 1. The summed E-state index contributed by atoms with van der Waals surface area (Å²) >= 11 is 1.42. The second kappa shape index (κ2) is 10.9. The van der Waals surface area contributed by atoms with Gasteiger partial charge in [0, 0.05) is 72.4 Å². The second-order valence-corrected chi connectivity index (χ2v) is 13.2. The Morgan fingerprint density at radius 3 is 2.58 bits per heavy atom. The van der Waals surface area contributed by atoms with Crippen molar-refractivity contribution in [2.45, 2.75) is 31.6 Å². The SMILES string of the molecule is CN1CCN(c2ccc(Nc3nc(-c4ccc(F)c(-c5c(C(N)=O)sc6c5C5CCC(C6)C5)c4)cn(C)c3=O)cc2)CC1. The Bertz CT molecular complexity index is 1770. The molecule has 1 amide bonds. The number of likely N-dealkylation sites (N-methyl/N-ethyl adjacent to an activating group) is 1. The quantitative estimate of drug-likeness (QED) is 0.311. The number of primary amides is 1. The first kappa shape index (κ1) is 27.8. The lowest BCUT2D eigenvalue weighted by Gasteiger charge is -2.34. The number of thiophene rings is 1. The number of nitrogens with two attached hydrogens (primary N) is 1. The summed E-state index contributed by atoms with van der Waals surface area (Å²) < 4.78 is 17.0. The smallest absolute Gasteiger partial charge is 0.293 e. The van der Waals surface area contributed by atoms with Gasteiger partial charge in [-0.1, -0.05) is 0 Å². The molecule has 0 radical (unpaired) electrons. The van der Waals surface area contributed by atoms with Crippen molar-refractivity contribution in [3.8, 4) is 22.4 Å². The molecular formula is C33H35FN6O2S. The van der Waals surface area contributed by atoms with Gasteiger partial charge in [0.05, 0.1) is 5.69 Å². The van der Waals surface area contributed by atoms with Crippen molar-refractivity contribution < 1.29 is 9.18 Å². The van der Waals surface area contributed by atoms with Crippen LogP contribution in [0.5, 0.6) is 0 Å². The lowest BCUT2D eigenvalue weighted by molar-refractivity contribution is 0.100. The minimum absolute atomic E-state index is 0.181. The molecule has 3 aliphatic rings. The summed E-state index contributed by atoms with van der Waals surface area (Å²) in [7, 11) is 3.81. The second-order valence-electron chi connectivity index (χ2n) is 12.1. The Labute approximate surface area is 254 Å². The highest BCUT2D eigenvalue weighted by molar-refractivity contribution is 7.14. The molecular weight excluding hydrogens is 563 g/mol. The summed E-state index contributed by atoms with van der Waals surface area (Å²) in [5.74, 6) is 0.201. The van der Waals surface area contributed by atoms with Crippen LogP contribution >= 0.6 is 11.3 Å². The number of benzene rings is 2. The summed E-state index contributed by atoms with van der Waals surface area (Å²) in [6.45, 7) is 4.00. The zero-order valence-electron chi connectivity index (χ0n) is 24.4. The third-order valence-corrected chi connectivity index (χ3v) is 10.5. The van der Waals surface area contributed by atoms with Crippen LogP contribution in [0, 0.1) is 11.7 Å². The topological polar surface area (TPSA) is 96.5 Å². The number of halogens is 1. The van der Waals surface area contributed by atoms with Crippen LogP contribution in [0.2, 0.25) is 0 Å². The number of hydrogen-bond donors (Lipinski definition) is 2. The number of anilines is 3. The van der Waals surface area contributed by atoms with Crippen LogP contribution in [0.15, 0.2) is 53.5 Å². The van der Waals surface area contributed by atoms with Crippen molar-refractivity contribution in [2.24, 2.45) is 18.7 Å². The van der Waals surface area contributed by atoms with E-state index in [2.05, 4.69) is 39.3 Å². The fourth-order valence-electron chi connectivity index (χ4n) is 6.96. The standard InChI is InChI=1S/C33H35FN6O2S/c1-38-11-13-40(14-12-38)23-8-6-22(7-9-23)36-32-33(42)39(2)18-26(37-32)20-5-10-25(34)24(17-20)29-28-21-4-3-19(15-21)16-27(28)43-30(29)31(35)41/h5-10,17-19,21H,3-4,11-16H2,1-2H3,(H2,35,41)(H,36,37). The van der Waals surface area contributed by atoms with Gasteiger partial charge in [0.1, 0.15) is 10.7 Å². The number of amides is 1. The summed E-state index contributed by atoms with van der Waals surface area (Å²) in [5.41, 5.74) is 10.7.